The minimum atomic E-state index is 0.965. The molecular weight excluding hydrogens is 410 g/mol. The lowest BCUT2D eigenvalue weighted by Gasteiger charge is -2.28. The van der Waals surface area contributed by atoms with Crippen LogP contribution in [0.4, 0.5) is 17.1 Å². The summed E-state index contributed by atoms with van der Waals surface area (Å²) in [4.78, 5) is 11.4. The van der Waals surface area contributed by atoms with Crippen molar-refractivity contribution < 1.29 is 0 Å². The molecule has 5 aromatic rings. The fourth-order valence-electron chi connectivity index (χ4n) is 4.13. The van der Waals surface area contributed by atoms with Crippen LogP contribution in [0.3, 0.4) is 0 Å². The molecule has 0 saturated carbocycles. The molecule has 0 atom stereocenters. The van der Waals surface area contributed by atoms with Crippen molar-refractivity contribution in [2.45, 2.75) is 0 Å². The van der Waals surface area contributed by atoms with Gasteiger partial charge in [0.05, 0.1) is 17.1 Å². The highest BCUT2D eigenvalue weighted by atomic mass is 32.1. The van der Waals surface area contributed by atoms with Crippen LogP contribution in [0, 0.1) is 0 Å². The minimum absolute atomic E-state index is 0.965. The molecule has 0 amide bonds. The van der Waals surface area contributed by atoms with Gasteiger partial charge in [0.2, 0.25) is 0 Å². The number of nitrogens with zero attached hydrogens (tertiary/aromatic N) is 3. The van der Waals surface area contributed by atoms with Crippen molar-refractivity contribution in [2.24, 2.45) is 0 Å². The molecule has 32 heavy (non-hydrogen) atoms. The predicted octanol–water partition coefficient (Wildman–Crippen LogP) is 7.83. The van der Waals surface area contributed by atoms with Crippen LogP contribution >= 0.6 is 11.3 Å². The summed E-state index contributed by atoms with van der Waals surface area (Å²) in [5.74, 6) is 0. The molecular formula is C28H19N3S. The molecule has 0 saturated heterocycles. The Morgan fingerprint density at radius 2 is 1.50 bits per heavy atom. The van der Waals surface area contributed by atoms with E-state index in [1.807, 2.05) is 36.0 Å². The molecule has 2 aromatic heterocycles. The van der Waals surface area contributed by atoms with Gasteiger partial charge < -0.3 is 4.90 Å². The molecule has 0 aliphatic carbocycles. The highest BCUT2D eigenvalue weighted by Crippen LogP contribution is 2.44. The predicted molar refractivity (Wildman–Crippen MR) is 134 cm³/mol. The molecule has 1 aliphatic rings. The van der Waals surface area contributed by atoms with E-state index in [0.717, 1.165) is 38.9 Å². The van der Waals surface area contributed by atoms with E-state index in [1.165, 1.54) is 11.1 Å². The Morgan fingerprint density at radius 1 is 0.625 bits per heavy atom. The zero-order chi connectivity index (χ0) is 21.3. The number of para-hydroxylation sites is 1. The van der Waals surface area contributed by atoms with Crippen LogP contribution in [-0.2, 0) is 0 Å². The summed E-state index contributed by atoms with van der Waals surface area (Å²) < 4.78 is 0. The summed E-state index contributed by atoms with van der Waals surface area (Å²) in [6.45, 7) is 0. The Hall–Kier alpha value is -4.02. The summed E-state index contributed by atoms with van der Waals surface area (Å²) in [7, 11) is 0. The van der Waals surface area contributed by atoms with Crippen molar-refractivity contribution in [3.63, 3.8) is 0 Å². The van der Waals surface area contributed by atoms with Crippen LogP contribution in [0.5, 0.6) is 0 Å². The molecule has 0 fully saturated rings. The molecule has 3 aromatic carbocycles. The van der Waals surface area contributed by atoms with Gasteiger partial charge in [0.25, 0.3) is 0 Å². The van der Waals surface area contributed by atoms with Crippen molar-refractivity contribution in [2.75, 3.05) is 4.90 Å². The summed E-state index contributed by atoms with van der Waals surface area (Å²) >= 11 is 1.66. The first-order valence-corrected chi connectivity index (χ1v) is 11.4. The Labute approximate surface area is 191 Å². The van der Waals surface area contributed by atoms with Gasteiger partial charge in [-0.2, -0.15) is 0 Å². The second-order valence-electron chi connectivity index (χ2n) is 7.60. The maximum Gasteiger partial charge on any atom is 0.123 e. The number of aromatic nitrogens is 2. The monoisotopic (exact) mass is 429 g/mol. The molecule has 0 N–H and O–H groups in total. The van der Waals surface area contributed by atoms with E-state index in [-0.39, 0.29) is 0 Å². The zero-order valence-electron chi connectivity index (χ0n) is 17.2. The van der Waals surface area contributed by atoms with Crippen LogP contribution in [0.15, 0.2) is 103 Å². The molecule has 0 bridgehead atoms. The molecule has 152 valence electrons. The highest BCUT2D eigenvalue weighted by molar-refractivity contribution is 7.13. The largest absolute Gasteiger partial charge is 0.309 e. The topological polar surface area (TPSA) is 29.0 Å². The second-order valence-corrected chi connectivity index (χ2v) is 8.50. The molecule has 1 aliphatic heterocycles. The van der Waals surface area contributed by atoms with Gasteiger partial charge in [-0.15, -0.1) is 11.3 Å². The van der Waals surface area contributed by atoms with Crippen molar-refractivity contribution >= 4 is 40.6 Å². The first-order chi connectivity index (χ1) is 15.9. The fraction of sp³-hybridized carbons (Fsp3) is 0. The molecule has 0 spiro atoms. The van der Waals surface area contributed by atoms with Gasteiger partial charge in [-0.1, -0.05) is 60.7 Å². The summed E-state index contributed by atoms with van der Waals surface area (Å²) in [6.07, 6.45) is 8.08. The number of benzene rings is 3. The Balaban J connectivity index is 1.57. The van der Waals surface area contributed by atoms with E-state index in [2.05, 4.69) is 93.7 Å². The Morgan fingerprint density at radius 3 is 2.34 bits per heavy atom. The lowest BCUT2D eigenvalue weighted by Crippen LogP contribution is -2.12. The normalized spacial score (nSPS) is 12.2. The smallest absolute Gasteiger partial charge is 0.123 e. The SMILES string of the molecule is C1=Cc2ccc(-c3nccs3)cc2N(c2cccc(-c3ccccn3)c2)c2ccccc21. The van der Waals surface area contributed by atoms with Gasteiger partial charge in [-0.25, -0.2) is 4.98 Å². The maximum absolute atomic E-state index is 4.55. The van der Waals surface area contributed by atoms with Gasteiger partial charge in [0.1, 0.15) is 5.01 Å². The van der Waals surface area contributed by atoms with Crippen molar-refractivity contribution in [3.8, 4) is 21.8 Å². The van der Waals surface area contributed by atoms with Gasteiger partial charge in [-0.05, 0) is 47.5 Å². The fourth-order valence-corrected chi connectivity index (χ4v) is 4.77. The molecule has 6 rings (SSSR count). The Bertz CT molecular complexity index is 1420. The first-order valence-electron chi connectivity index (χ1n) is 10.5. The van der Waals surface area contributed by atoms with E-state index >= 15 is 0 Å². The van der Waals surface area contributed by atoms with Crippen LogP contribution in [0.1, 0.15) is 11.1 Å². The highest BCUT2D eigenvalue weighted by Gasteiger charge is 2.21. The standard InChI is InChI=1S/C28H19N3S/c1-2-10-26-20(6-1)11-12-21-13-14-23(28-30-16-17-32-28)19-27(21)31(26)24-8-5-7-22(18-24)25-9-3-4-15-29-25/h1-19H. The van der Waals surface area contributed by atoms with Crippen LogP contribution in [-0.4, -0.2) is 9.97 Å². The van der Waals surface area contributed by atoms with E-state index in [9.17, 15) is 0 Å². The molecule has 4 heteroatoms. The van der Waals surface area contributed by atoms with Crippen molar-refractivity contribution in [1.82, 2.24) is 9.97 Å². The molecule has 0 radical (unpaired) electrons. The number of pyridine rings is 1. The first kappa shape index (κ1) is 18.7. The molecule has 0 unspecified atom stereocenters. The summed E-state index contributed by atoms with van der Waals surface area (Å²) in [6, 6.07) is 29.7. The van der Waals surface area contributed by atoms with E-state index < -0.39 is 0 Å². The molecule has 3 nitrogen and oxygen atoms in total. The number of hydrogen-bond acceptors (Lipinski definition) is 4. The van der Waals surface area contributed by atoms with Gasteiger partial charge in [-0.3, -0.25) is 4.98 Å². The third-order valence-corrected chi connectivity index (χ3v) is 6.46. The van der Waals surface area contributed by atoms with Gasteiger partial charge >= 0.3 is 0 Å². The van der Waals surface area contributed by atoms with Crippen molar-refractivity contribution in [1.29, 1.82) is 0 Å². The maximum atomic E-state index is 4.55. The molecule has 3 heterocycles. The number of fused-ring (bicyclic) bond motifs is 2. The van der Waals surface area contributed by atoms with E-state index in [1.54, 1.807) is 11.3 Å². The lowest BCUT2D eigenvalue weighted by atomic mass is 10.1. The second kappa shape index (κ2) is 7.91. The number of rotatable bonds is 3. The lowest BCUT2D eigenvalue weighted by molar-refractivity contribution is 1.27. The number of hydrogen-bond donors (Lipinski definition) is 0. The van der Waals surface area contributed by atoms with Crippen LogP contribution < -0.4 is 4.90 Å². The van der Waals surface area contributed by atoms with Crippen LogP contribution in [0.25, 0.3) is 34.0 Å². The average molecular weight is 430 g/mol. The third kappa shape index (κ3) is 3.31. The summed E-state index contributed by atoms with van der Waals surface area (Å²) in [5, 5.41) is 3.04. The quantitative estimate of drug-likeness (QED) is 0.287. The number of anilines is 3. The third-order valence-electron chi connectivity index (χ3n) is 5.64. The van der Waals surface area contributed by atoms with Gasteiger partial charge in [0.15, 0.2) is 0 Å². The summed E-state index contributed by atoms with van der Waals surface area (Å²) in [5.41, 5.74) is 8.92. The number of thiazole rings is 1. The van der Waals surface area contributed by atoms with Crippen molar-refractivity contribution in [3.05, 3.63) is 114 Å². The zero-order valence-corrected chi connectivity index (χ0v) is 18.0. The Kier molecular flexibility index (Phi) is 4.63. The average Bonchev–Trinajstić information content (AvgIpc) is 3.34. The minimum Gasteiger partial charge on any atom is -0.309 e. The van der Waals surface area contributed by atoms with Gasteiger partial charge in [0, 0.05) is 34.6 Å². The van der Waals surface area contributed by atoms with E-state index in [4.69, 9.17) is 0 Å². The van der Waals surface area contributed by atoms with Crippen LogP contribution in [0.2, 0.25) is 0 Å². The van der Waals surface area contributed by atoms with E-state index in [0.29, 0.717) is 0 Å².